The maximum Gasteiger partial charge on any atom is 0.325 e. The molecule has 0 aromatic carbocycles. The second-order valence-corrected chi connectivity index (χ2v) is 6.04. The molecule has 3 N–H and O–H groups in total. The van der Waals surface area contributed by atoms with Gasteiger partial charge in [-0.3, -0.25) is 4.79 Å². The summed E-state index contributed by atoms with van der Waals surface area (Å²) < 4.78 is 4.91. The van der Waals surface area contributed by atoms with Gasteiger partial charge in [0.2, 0.25) is 0 Å². The van der Waals surface area contributed by atoms with Crippen molar-refractivity contribution >= 4 is 17.7 Å². The van der Waals surface area contributed by atoms with Crippen molar-refractivity contribution in [1.82, 2.24) is 0 Å². The summed E-state index contributed by atoms with van der Waals surface area (Å²) in [5, 5.41) is 9.53. The van der Waals surface area contributed by atoms with Crippen molar-refractivity contribution in [2.75, 3.05) is 12.4 Å². The maximum absolute atomic E-state index is 11.5. The second-order valence-electron chi connectivity index (χ2n) is 4.56. The molecule has 0 aromatic rings. The number of nitrogens with two attached hydrogens (primary N) is 1. The SMILES string of the molecule is CCOC(=O)C(C)(N)CCCSC(C)C(C)O. The average molecular weight is 263 g/mol. The van der Waals surface area contributed by atoms with Crippen molar-refractivity contribution in [2.45, 2.75) is 57.4 Å². The van der Waals surface area contributed by atoms with Crippen LogP contribution in [0.5, 0.6) is 0 Å². The first-order chi connectivity index (χ1) is 7.81. The van der Waals surface area contributed by atoms with Gasteiger partial charge in [-0.15, -0.1) is 0 Å². The topological polar surface area (TPSA) is 72.5 Å². The van der Waals surface area contributed by atoms with Gasteiger partial charge < -0.3 is 15.6 Å². The van der Waals surface area contributed by atoms with Gasteiger partial charge in [-0.1, -0.05) is 6.92 Å². The Balaban J connectivity index is 3.83. The minimum Gasteiger partial charge on any atom is -0.465 e. The Kier molecular flexibility index (Phi) is 7.83. The molecule has 3 atom stereocenters. The number of carbonyl (C=O) groups is 1. The first-order valence-corrected chi connectivity index (χ1v) is 7.12. The predicted octanol–water partition coefficient (Wildman–Crippen LogP) is 1.55. The molecule has 5 heteroatoms. The molecular formula is C12H25NO3S. The molecule has 0 aromatic heterocycles. The highest BCUT2D eigenvalue weighted by atomic mass is 32.2. The van der Waals surface area contributed by atoms with Crippen LogP contribution in [-0.2, 0) is 9.53 Å². The monoisotopic (exact) mass is 263 g/mol. The lowest BCUT2D eigenvalue weighted by Gasteiger charge is -2.22. The van der Waals surface area contributed by atoms with Gasteiger partial charge in [0, 0.05) is 5.25 Å². The normalized spacial score (nSPS) is 18.2. The molecule has 102 valence electrons. The van der Waals surface area contributed by atoms with E-state index in [9.17, 15) is 9.90 Å². The number of rotatable bonds is 8. The molecule has 4 nitrogen and oxygen atoms in total. The summed E-state index contributed by atoms with van der Waals surface area (Å²) in [6, 6.07) is 0. The van der Waals surface area contributed by atoms with E-state index in [0.717, 1.165) is 12.2 Å². The molecule has 0 saturated carbocycles. The molecule has 0 saturated heterocycles. The molecular weight excluding hydrogens is 238 g/mol. The minimum atomic E-state index is -0.898. The number of esters is 1. The zero-order valence-corrected chi connectivity index (χ0v) is 12.0. The van der Waals surface area contributed by atoms with Crippen molar-refractivity contribution in [3.63, 3.8) is 0 Å². The fourth-order valence-corrected chi connectivity index (χ4v) is 2.21. The molecule has 3 unspecified atom stereocenters. The number of thioether (sulfide) groups is 1. The van der Waals surface area contributed by atoms with Crippen LogP contribution in [0.1, 0.15) is 40.5 Å². The third kappa shape index (κ3) is 6.91. The molecule has 17 heavy (non-hydrogen) atoms. The number of hydrogen-bond donors (Lipinski definition) is 2. The highest BCUT2D eigenvalue weighted by molar-refractivity contribution is 7.99. The Morgan fingerprint density at radius 3 is 2.59 bits per heavy atom. The quantitative estimate of drug-likeness (QED) is 0.513. The third-order valence-corrected chi connectivity index (χ3v) is 4.09. The van der Waals surface area contributed by atoms with Crippen LogP contribution in [0, 0.1) is 0 Å². The van der Waals surface area contributed by atoms with Crippen LogP contribution in [0.25, 0.3) is 0 Å². The van der Waals surface area contributed by atoms with E-state index in [1.165, 1.54) is 0 Å². The van der Waals surface area contributed by atoms with Gasteiger partial charge in [0.25, 0.3) is 0 Å². The summed E-state index contributed by atoms with van der Waals surface area (Å²) >= 11 is 1.69. The number of aliphatic hydroxyl groups is 1. The van der Waals surface area contributed by atoms with Crippen molar-refractivity contribution < 1.29 is 14.6 Å². The maximum atomic E-state index is 11.5. The molecule has 0 radical (unpaired) electrons. The van der Waals surface area contributed by atoms with E-state index < -0.39 is 5.54 Å². The lowest BCUT2D eigenvalue weighted by molar-refractivity contribution is -0.149. The molecule has 0 heterocycles. The lowest BCUT2D eigenvalue weighted by Crippen LogP contribution is -2.46. The Morgan fingerprint density at radius 2 is 2.12 bits per heavy atom. The van der Waals surface area contributed by atoms with Crippen molar-refractivity contribution in [3.8, 4) is 0 Å². The van der Waals surface area contributed by atoms with Gasteiger partial charge in [-0.25, -0.2) is 0 Å². The van der Waals surface area contributed by atoms with E-state index >= 15 is 0 Å². The van der Waals surface area contributed by atoms with Gasteiger partial charge in [0.15, 0.2) is 0 Å². The van der Waals surface area contributed by atoms with Crippen LogP contribution >= 0.6 is 11.8 Å². The Labute approximate surface area is 108 Å². The number of carbonyl (C=O) groups excluding carboxylic acids is 1. The molecule has 0 rings (SSSR count). The number of aliphatic hydroxyl groups excluding tert-OH is 1. The van der Waals surface area contributed by atoms with Crippen LogP contribution in [0.4, 0.5) is 0 Å². The first kappa shape index (κ1) is 16.7. The van der Waals surface area contributed by atoms with Gasteiger partial charge in [0.1, 0.15) is 5.54 Å². The number of hydrogen-bond acceptors (Lipinski definition) is 5. The highest BCUT2D eigenvalue weighted by Crippen LogP contribution is 2.19. The standard InChI is InChI=1S/C12H25NO3S/c1-5-16-11(15)12(4,13)7-6-8-17-10(3)9(2)14/h9-10,14H,5-8,13H2,1-4H3. The Morgan fingerprint density at radius 1 is 1.53 bits per heavy atom. The Bertz CT molecular complexity index is 232. The minimum absolute atomic E-state index is 0.210. The second kappa shape index (κ2) is 7.95. The van der Waals surface area contributed by atoms with Gasteiger partial charge in [-0.05, 0) is 39.4 Å². The van der Waals surface area contributed by atoms with Crippen molar-refractivity contribution in [2.24, 2.45) is 5.73 Å². The van der Waals surface area contributed by atoms with Crippen LogP contribution in [0.2, 0.25) is 0 Å². The largest absolute Gasteiger partial charge is 0.465 e. The summed E-state index contributed by atoms with van der Waals surface area (Å²) in [5.74, 6) is 0.548. The van der Waals surface area contributed by atoms with E-state index in [1.54, 1.807) is 32.5 Å². The third-order valence-electron chi connectivity index (χ3n) is 2.64. The molecule has 0 aliphatic carbocycles. The highest BCUT2D eigenvalue weighted by Gasteiger charge is 2.29. The van der Waals surface area contributed by atoms with Crippen LogP contribution < -0.4 is 5.73 Å². The summed E-state index contributed by atoms with van der Waals surface area (Å²) in [7, 11) is 0. The van der Waals surface area contributed by atoms with E-state index in [0.29, 0.717) is 13.0 Å². The van der Waals surface area contributed by atoms with Gasteiger partial charge >= 0.3 is 5.97 Å². The summed E-state index contributed by atoms with van der Waals surface area (Å²) in [6.07, 6.45) is 1.13. The van der Waals surface area contributed by atoms with Crippen LogP contribution in [0.15, 0.2) is 0 Å². The molecule has 0 aliphatic heterocycles. The van der Waals surface area contributed by atoms with Crippen LogP contribution in [0.3, 0.4) is 0 Å². The summed E-state index contributed by atoms with van der Waals surface area (Å²) in [5.41, 5.74) is 4.99. The molecule has 0 aliphatic rings. The molecule has 0 fully saturated rings. The zero-order chi connectivity index (χ0) is 13.5. The predicted molar refractivity (Wildman–Crippen MR) is 72.1 cm³/mol. The fourth-order valence-electron chi connectivity index (χ4n) is 1.25. The lowest BCUT2D eigenvalue weighted by atomic mass is 9.98. The molecule has 0 bridgehead atoms. The van der Waals surface area contributed by atoms with Crippen molar-refractivity contribution in [3.05, 3.63) is 0 Å². The van der Waals surface area contributed by atoms with Gasteiger partial charge in [0.05, 0.1) is 12.7 Å². The van der Waals surface area contributed by atoms with Crippen LogP contribution in [-0.4, -0.2) is 40.3 Å². The van der Waals surface area contributed by atoms with E-state index in [2.05, 4.69) is 0 Å². The van der Waals surface area contributed by atoms with Crippen molar-refractivity contribution in [1.29, 1.82) is 0 Å². The van der Waals surface area contributed by atoms with Gasteiger partial charge in [-0.2, -0.15) is 11.8 Å². The van der Waals surface area contributed by atoms with E-state index in [-0.39, 0.29) is 17.3 Å². The number of ether oxygens (including phenoxy) is 1. The summed E-state index contributed by atoms with van der Waals surface area (Å²) in [6.45, 7) is 7.60. The fraction of sp³-hybridized carbons (Fsp3) is 0.917. The first-order valence-electron chi connectivity index (χ1n) is 6.07. The summed E-state index contributed by atoms with van der Waals surface area (Å²) in [4.78, 5) is 11.5. The van der Waals surface area contributed by atoms with E-state index in [1.807, 2.05) is 6.92 Å². The average Bonchev–Trinajstić information content (AvgIpc) is 2.24. The molecule has 0 amide bonds. The zero-order valence-electron chi connectivity index (χ0n) is 11.2. The smallest absolute Gasteiger partial charge is 0.325 e. The molecule has 0 spiro atoms. The van der Waals surface area contributed by atoms with E-state index in [4.69, 9.17) is 10.5 Å². The Hall–Kier alpha value is -0.260.